The number of carbonyl (C=O) groups is 3. The minimum Gasteiger partial charge on any atom is -0.464 e. The minimum absolute atomic E-state index is 0.00612. The maximum absolute atomic E-state index is 13.4. The van der Waals surface area contributed by atoms with E-state index in [0.717, 1.165) is 0 Å². The van der Waals surface area contributed by atoms with Crippen LogP contribution >= 0.6 is 0 Å². The predicted molar refractivity (Wildman–Crippen MR) is 114 cm³/mol. The molecule has 0 bridgehead atoms. The number of hydrogen-bond donors (Lipinski definition) is 1. The third-order valence-corrected chi connectivity index (χ3v) is 4.99. The standard InChI is InChI=1S/C23H22N2O7/c1-3-31-21(27)23(22(28)32-4-2)14-17(20(26)15-10-6-5-7-11-15)19(24-23)16-12-8-9-13-18(16)25(29)30/h5-14,19,24H,3-4H2,1-2H3/t19-/m0/s1. The molecular weight excluding hydrogens is 416 g/mol. The predicted octanol–water partition coefficient (Wildman–Crippen LogP) is 2.91. The molecule has 1 N–H and O–H groups in total. The van der Waals surface area contributed by atoms with Crippen LogP contribution in [0.15, 0.2) is 66.2 Å². The summed E-state index contributed by atoms with van der Waals surface area (Å²) >= 11 is 0. The molecular formula is C23H22N2O7. The number of benzene rings is 2. The van der Waals surface area contributed by atoms with Crippen LogP contribution < -0.4 is 5.32 Å². The highest BCUT2D eigenvalue weighted by Gasteiger charge is 2.55. The van der Waals surface area contributed by atoms with Crippen molar-refractivity contribution in [3.05, 3.63) is 87.5 Å². The molecule has 0 aromatic heterocycles. The average Bonchev–Trinajstić information content (AvgIpc) is 3.21. The Bertz CT molecular complexity index is 1060. The second kappa shape index (κ2) is 9.52. The Balaban J connectivity index is 2.21. The number of esters is 2. The quantitative estimate of drug-likeness (QED) is 0.219. The Morgan fingerprint density at radius 3 is 2.09 bits per heavy atom. The molecule has 32 heavy (non-hydrogen) atoms. The number of nitrogens with zero attached hydrogens (tertiary/aromatic N) is 1. The summed E-state index contributed by atoms with van der Waals surface area (Å²) in [7, 11) is 0. The fourth-order valence-corrected chi connectivity index (χ4v) is 3.57. The summed E-state index contributed by atoms with van der Waals surface area (Å²) in [5.41, 5.74) is -1.96. The van der Waals surface area contributed by atoms with Crippen LogP contribution in [0.4, 0.5) is 5.69 Å². The van der Waals surface area contributed by atoms with Crippen molar-refractivity contribution in [3.63, 3.8) is 0 Å². The highest BCUT2D eigenvalue weighted by atomic mass is 16.6. The lowest BCUT2D eigenvalue weighted by molar-refractivity contribution is -0.385. The van der Waals surface area contributed by atoms with E-state index in [1.54, 1.807) is 50.2 Å². The van der Waals surface area contributed by atoms with E-state index in [4.69, 9.17) is 9.47 Å². The smallest absolute Gasteiger partial charge is 0.342 e. The van der Waals surface area contributed by atoms with E-state index in [1.807, 2.05) is 0 Å². The molecule has 3 rings (SSSR count). The van der Waals surface area contributed by atoms with Crippen molar-refractivity contribution < 1.29 is 28.8 Å². The first-order valence-corrected chi connectivity index (χ1v) is 10.0. The monoisotopic (exact) mass is 438 g/mol. The van der Waals surface area contributed by atoms with Crippen molar-refractivity contribution in [1.82, 2.24) is 5.32 Å². The Morgan fingerprint density at radius 1 is 0.969 bits per heavy atom. The molecule has 9 heteroatoms. The van der Waals surface area contributed by atoms with E-state index in [0.29, 0.717) is 5.56 Å². The lowest BCUT2D eigenvalue weighted by atomic mass is 9.92. The molecule has 0 amide bonds. The number of nitro groups is 1. The Morgan fingerprint density at radius 2 is 1.53 bits per heavy atom. The van der Waals surface area contributed by atoms with Crippen molar-refractivity contribution in [3.8, 4) is 0 Å². The minimum atomic E-state index is -2.12. The van der Waals surface area contributed by atoms with E-state index < -0.39 is 34.2 Å². The van der Waals surface area contributed by atoms with E-state index in [9.17, 15) is 24.5 Å². The molecule has 2 aromatic rings. The van der Waals surface area contributed by atoms with Gasteiger partial charge in [0.1, 0.15) is 0 Å². The molecule has 0 radical (unpaired) electrons. The molecule has 0 unspecified atom stereocenters. The zero-order valence-corrected chi connectivity index (χ0v) is 17.6. The van der Waals surface area contributed by atoms with E-state index in [-0.39, 0.29) is 30.0 Å². The van der Waals surface area contributed by atoms with Crippen LogP contribution in [0, 0.1) is 10.1 Å². The normalized spacial score (nSPS) is 16.7. The largest absolute Gasteiger partial charge is 0.464 e. The molecule has 1 heterocycles. The summed E-state index contributed by atoms with van der Waals surface area (Å²) in [5, 5.41) is 14.5. The Hall–Kier alpha value is -3.85. The third kappa shape index (κ3) is 4.15. The van der Waals surface area contributed by atoms with Crippen molar-refractivity contribution in [1.29, 1.82) is 0 Å². The topological polar surface area (TPSA) is 125 Å². The molecule has 166 valence electrons. The Labute approximate surface area is 184 Å². The lowest BCUT2D eigenvalue weighted by Crippen LogP contribution is -2.56. The highest BCUT2D eigenvalue weighted by molar-refractivity contribution is 6.15. The Kier molecular flexibility index (Phi) is 6.79. The number of nitrogens with one attached hydrogen (secondary N) is 1. The lowest BCUT2D eigenvalue weighted by Gasteiger charge is -2.25. The fourth-order valence-electron chi connectivity index (χ4n) is 3.57. The van der Waals surface area contributed by atoms with Crippen molar-refractivity contribution in [2.24, 2.45) is 0 Å². The second-order valence-corrected chi connectivity index (χ2v) is 6.94. The molecule has 0 fully saturated rings. The molecule has 1 aliphatic heterocycles. The number of ketones is 1. The first-order chi connectivity index (χ1) is 15.4. The van der Waals surface area contributed by atoms with Gasteiger partial charge >= 0.3 is 11.9 Å². The maximum atomic E-state index is 13.4. The van der Waals surface area contributed by atoms with Gasteiger partial charge in [0, 0.05) is 17.2 Å². The summed E-state index contributed by atoms with van der Waals surface area (Å²) in [6.07, 6.45) is 1.17. The number of ether oxygens (including phenoxy) is 2. The van der Waals surface area contributed by atoms with E-state index >= 15 is 0 Å². The first-order valence-electron chi connectivity index (χ1n) is 10.0. The van der Waals surface area contributed by atoms with Crippen molar-refractivity contribution in [2.45, 2.75) is 25.4 Å². The van der Waals surface area contributed by atoms with Gasteiger partial charge in [0.25, 0.3) is 5.69 Å². The highest BCUT2D eigenvalue weighted by Crippen LogP contribution is 2.39. The van der Waals surface area contributed by atoms with E-state index in [2.05, 4.69) is 5.32 Å². The zero-order chi connectivity index (χ0) is 23.3. The third-order valence-electron chi connectivity index (χ3n) is 4.99. The van der Waals surface area contributed by atoms with Crippen LogP contribution in [0.25, 0.3) is 0 Å². The molecule has 0 saturated heterocycles. The van der Waals surface area contributed by atoms with Gasteiger partial charge in [0.05, 0.1) is 29.7 Å². The van der Waals surface area contributed by atoms with Gasteiger partial charge in [-0.05, 0) is 19.9 Å². The summed E-state index contributed by atoms with van der Waals surface area (Å²) in [6, 6.07) is 12.9. The van der Waals surface area contributed by atoms with Gasteiger partial charge in [0.15, 0.2) is 5.78 Å². The number of rotatable bonds is 8. The SMILES string of the molecule is CCOC(=O)C1(C(=O)OCC)C=C(C(=O)c2ccccc2)[C@H](c2ccccc2[N+](=O)[O-])N1. The number of hydrogen-bond acceptors (Lipinski definition) is 8. The van der Waals surface area contributed by atoms with Crippen LogP contribution in [0.2, 0.25) is 0 Å². The van der Waals surface area contributed by atoms with Gasteiger partial charge in [-0.15, -0.1) is 0 Å². The number of nitro benzene ring substituents is 1. The van der Waals surface area contributed by atoms with Crippen LogP contribution in [0.5, 0.6) is 0 Å². The summed E-state index contributed by atoms with van der Waals surface area (Å²) in [6.45, 7) is 3.11. The maximum Gasteiger partial charge on any atom is 0.342 e. The van der Waals surface area contributed by atoms with Crippen LogP contribution in [0.1, 0.15) is 35.8 Å². The van der Waals surface area contributed by atoms with Gasteiger partial charge in [-0.1, -0.05) is 48.5 Å². The zero-order valence-electron chi connectivity index (χ0n) is 17.6. The summed E-state index contributed by atoms with van der Waals surface area (Å²) in [5.74, 6) is -2.41. The first kappa shape index (κ1) is 22.8. The number of para-hydroxylation sites is 1. The van der Waals surface area contributed by atoms with Gasteiger partial charge in [-0.3, -0.25) is 20.2 Å². The number of carbonyl (C=O) groups excluding carboxylic acids is 3. The fraction of sp³-hybridized carbons (Fsp3) is 0.261. The van der Waals surface area contributed by atoms with Gasteiger partial charge in [-0.2, -0.15) is 0 Å². The molecule has 0 spiro atoms. The average molecular weight is 438 g/mol. The molecule has 0 saturated carbocycles. The molecule has 2 aromatic carbocycles. The molecule has 9 nitrogen and oxygen atoms in total. The summed E-state index contributed by atoms with van der Waals surface area (Å²) in [4.78, 5) is 50.3. The van der Waals surface area contributed by atoms with Gasteiger partial charge in [0.2, 0.25) is 5.54 Å². The molecule has 0 aliphatic carbocycles. The van der Waals surface area contributed by atoms with Crippen molar-refractivity contribution >= 4 is 23.4 Å². The number of Topliss-reactive ketones (excluding diaryl/α,β-unsaturated/α-hetero) is 1. The van der Waals surface area contributed by atoms with Crippen LogP contribution in [-0.4, -0.2) is 41.4 Å². The van der Waals surface area contributed by atoms with Crippen LogP contribution in [-0.2, 0) is 19.1 Å². The molecule has 1 aliphatic rings. The molecule has 1 atom stereocenters. The van der Waals surface area contributed by atoms with Crippen molar-refractivity contribution in [2.75, 3.05) is 13.2 Å². The second-order valence-electron chi connectivity index (χ2n) is 6.94. The van der Waals surface area contributed by atoms with E-state index in [1.165, 1.54) is 24.3 Å². The van der Waals surface area contributed by atoms with Gasteiger partial charge < -0.3 is 9.47 Å². The summed E-state index contributed by atoms with van der Waals surface area (Å²) < 4.78 is 10.2. The van der Waals surface area contributed by atoms with Crippen LogP contribution in [0.3, 0.4) is 0 Å². The van der Waals surface area contributed by atoms with Gasteiger partial charge in [-0.25, -0.2) is 9.59 Å².